The first-order valence-electron chi connectivity index (χ1n) is 9.68. The molecule has 152 valence electrons. The predicted molar refractivity (Wildman–Crippen MR) is 115 cm³/mol. The molecule has 0 unspecified atom stereocenters. The number of amides is 2. The minimum Gasteiger partial charge on any atom is -0.459 e. The molecule has 0 aliphatic carbocycles. The van der Waals surface area contributed by atoms with Crippen molar-refractivity contribution in [2.45, 2.75) is 0 Å². The quantitative estimate of drug-likeness (QED) is 0.499. The van der Waals surface area contributed by atoms with Gasteiger partial charge in [-0.05, 0) is 24.3 Å². The van der Waals surface area contributed by atoms with Crippen LogP contribution in [0.4, 0.5) is 0 Å². The molecule has 0 saturated carbocycles. The van der Waals surface area contributed by atoms with Gasteiger partial charge in [0, 0.05) is 43.3 Å². The number of furan rings is 1. The summed E-state index contributed by atoms with van der Waals surface area (Å²) >= 11 is 1.36. The maximum atomic E-state index is 13.1. The van der Waals surface area contributed by atoms with E-state index >= 15 is 0 Å². The van der Waals surface area contributed by atoms with Crippen LogP contribution in [0.3, 0.4) is 0 Å². The van der Waals surface area contributed by atoms with E-state index in [-0.39, 0.29) is 17.4 Å². The maximum absolute atomic E-state index is 13.1. The van der Waals surface area contributed by atoms with Gasteiger partial charge in [0.05, 0.1) is 22.0 Å². The van der Waals surface area contributed by atoms with E-state index in [4.69, 9.17) is 4.42 Å². The minimum absolute atomic E-state index is 0.104. The number of aromatic nitrogens is 1. The fraction of sp³-hybridized carbons (Fsp3) is 0.227. The second-order valence-corrected chi connectivity index (χ2v) is 8.35. The van der Waals surface area contributed by atoms with Gasteiger partial charge < -0.3 is 18.8 Å². The van der Waals surface area contributed by atoms with Crippen molar-refractivity contribution in [1.29, 1.82) is 0 Å². The van der Waals surface area contributed by atoms with Gasteiger partial charge in [-0.1, -0.05) is 18.2 Å². The van der Waals surface area contributed by atoms with E-state index in [0.29, 0.717) is 42.2 Å². The summed E-state index contributed by atoms with van der Waals surface area (Å²) < 4.78 is 7.64. The molecule has 8 heteroatoms. The summed E-state index contributed by atoms with van der Waals surface area (Å²) in [7, 11) is 1.75. The molecule has 0 spiro atoms. The van der Waals surface area contributed by atoms with Gasteiger partial charge in [-0.2, -0.15) is 0 Å². The lowest BCUT2D eigenvalue weighted by atomic mass is 10.1. The van der Waals surface area contributed by atoms with Crippen LogP contribution in [0, 0.1) is 0 Å². The lowest BCUT2D eigenvalue weighted by Gasteiger charge is -2.34. The number of hydrogen-bond donors (Lipinski definition) is 0. The highest BCUT2D eigenvalue weighted by Gasteiger charge is 2.28. The number of hydrogen-bond acceptors (Lipinski definition) is 5. The van der Waals surface area contributed by atoms with Crippen LogP contribution in [0.2, 0.25) is 0 Å². The molecule has 0 radical (unpaired) electrons. The fourth-order valence-electron chi connectivity index (χ4n) is 3.93. The molecule has 4 aromatic rings. The Kier molecular flexibility index (Phi) is 4.43. The molecule has 3 aromatic heterocycles. The van der Waals surface area contributed by atoms with Crippen LogP contribution in [0.1, 0.15) is 20.2 Å². The van der Waals surface area contributed by atoms with Crippen molar-refractivity contribution in [3.05, 3.63) is 69.7 Å². The number of pyridine rings is 1. The normalized spacial score (nSPS) is 14.6. The average Bonchev–Trinajstić information content (AvgIpc) is 3.47. The van der Waals surface area contributed by atoms with Gasteiger partial charge in [-0.25, -0.2) is 0 Å². The van der Waals surface area contributed by atoms with Gasteiger partial charge in [0.15, 0.2) is 5.76 Å². The zero-order valence-corrected chi connectivity index (χ0v) is 17.1. The van der Waals surface area contributed by atoms with Crippen LogP contribution < -0.4 is 5.56 Å². The second kappa shape index (κ2) is 7.14. The largest absolute Gasteiger partial charge is 0.459 e. The molecule has 0 N–H and O–H groups in total. The average molecular weight is 421 g/mol. The Labute approximate surface area is 175 Å². The summed E-state index contributed by atoms with van der Waals surface area (Å²) in [5.74, 6) is 0.0402. The molecular weight excluding hydrogens is 402 g/mol. The topological polar surface area (TPSA) is 75.8 Å². The number of thiophene rings is 1. The number of aryl methyl sites for hydroxylation is 1. The molecule has 1 aliphatic heterocycles. The van der Waals surface area contributed by atoms with E-state index in [1.807, 2.05) is 24.3 Å². The molecule has 1 aromatic carbocycles. The van der Waals surface area contributed by atoms with E-state index in [1.54, 1.807) is 39.6 Å². The Morgan fingerprint density at radius 3 is 2.33 bits per heavy atom. The van der Waals surface area contributed by atoms with Crippen molar-refractivity contribution in [1.82, 2.24) is 14.4 Å². The number of carbonyl (C=O) groups excluding carboxylic acids is 2. The van der Waals surface area contributed by atoms with Crippen LogP contribution in [0.25, 0.3) is 21.0 Å². The molecule has 30 heavy (non-hydrogen) atoms. The van der Waals surface area contributed by atoms with Gasteiger partial charge in [0.2, 0.25) is 0 Å². The SMILES string of the molecule is Cn1c(=O)c2cc(C(=O)N3CCN(C(=O)c4ccco4)CC3)sc2c2ccccc21. The first-order chi connectivity index (χ1) is 14.5. The van der Waals surface area contributed by atoms with E-state index < -0.39 is 0 Å². The van der Waals surface area contributed by atoms with Gasteiger partial charge in [-0.3, -0.25) is 14.4 Å². The third-order valence-corrected chi connectivity index (χ3v) is 6.73. The summed E-state index contributed by atoms with van der Waals surface area (Å²) in [5, 5.41) is 1.53. The third-order valence-electron chi connectivity index (χ3n) is 5.57. The standard InChI is InChI=1S/C22H19N3O4S/c1-23-16-6-3-2-5-14(16)19-15(20(23)26)13-18(30-19)22(28)25-10-8-24(9-11-25)21(27)17-7-4-12-29-17/h2-7,12-13H,8-11H2,1H3. The van der Waals surface area contributed by atoms with Crippen LogP contribution in [-0.4, -0.2) is 52.4 Å². The zero-order valence-electron chi connectivity index (χ0n) is 16.3. The van der Waals surface area contributed by atoms with Crippen molar-refractivity contribution in [2.75, 3.05) is 26.2 Å². The van der Waals surface area contributed by atoms with Crippen LogP contribution in [0.15, 0.2) is 57.9 Å². The Hall–Kier alpha value is -3.39. The molecule has 0 bridgehead atoms. The van der Waals surface area contributed by atoms with E-state index in [0.717, 1.165) is 15.6 Å². The summed E-state index contributed by atoms with van der Waals surface area (Å²) in [5.41, 5.74) is 0.744. The molecule has 5 rings (SSSR count). The Morgan fingerprint density at radius 1 is 0.933 bits per heavy atom. The first-order valence-corrected chi connectivity index (χ1v) is 10.5. The zero-order chi connectivity index (χ0) is 20.8. The molecule has 1 fully saturated rings. The van der Waals surface area contributed by atoms with Gasteiger partial charge in [0.25, 0.3) is 17.4 Å². The molecular formula is C22H19N3O4S. The lowest BCUT2D eigenvalue weighted by molar-refractivity contribution is 0.0520. The van der Waals surface area contributed by atoms with Crippen molar-refractivity contribution in [3.63, 3.8) is 0 Å². The van der Waals surface area contributed by atoms with Crippen molar-refractivity contribution < 1.29 is 14.0 Å². The smallest absolute Gasteiger partial charge is 0.289 e. The van der Waals surface area contributed by atoms with Crippen molar-refractivity contribution >= 4 is 44.1 Å². The summed E-state index contributed by atoms with van der Waals surface area (Å²) in [6.07, 6.45) is 1.47. The lowest BCUT2D eigenvalue weighted by Crippen LogP contribution is -2.50. The number of carbonyl (C=O) groups is 2. The molecule has 7 nitrogen and oxygen atoms in total. The summed E-state index contributed by atoms with van der Waals surface area (Å²) in [6.45, 7) is 1.78. The van der Waals surface area contributed by atoms with E-state index in [9.17, 15) is 14.4 Å². The second-order valence-electron chi connectivity index (χ2n) is 7.30. The monoisotopic (exact) mass is 421 g/mol. The molecule has 1 aliphatic rings. The Morgan fingerprint density at radius 2 is 1.63 bits per heavy atom. The molecule has 2 amide bonds. The fourth-order valence-corrected chi connectivity index (χ4v) is 5.08. The highest BCUT2D eigenvalue weighted by Crippen LogP contribution is 2.31. The highest BCUT2D eigenvalue weighted by molar-refractivity contribution is 7.21. The van der Waals surface area contributed by atoms with Crippen molar-refractivity contribution in [3.8, 4) is 0 Å². The number of fused-ring (bicyclic) bond motifs is 3. The van der Waals surface area contributed by atoms with Crippen LogP contribution >= 0.6 is 11.3 Å². The third kappa shape index (κ3) is 2.91. The summed E-state index contributed by atoms with van der Waals surface area (Å²) in [6, 6.07) is 12.7. The van der Waals surface area contributed by atoms with Gasteiger partial charge >= 0.3 is 0 Å². The van der Waals surface area contributed by atoms with E-state index in [1.165, 1.54) is 17.6 Å². The molecule has 0 atom stereocenters. The summed E-state index contributed by atoms with van der Waals surface area (Å²) in [4.78, 5) is 42.3. The van der Waals surface area contributed by atoms with Gasteiger partial charge in [-0.15, -0.1) is 11.3 Å². The number of piperazine rings is 1. The Balaban J connectivity index is 1.41. The maximum Gasteiger partial charge on any atom is 0.289 e. The number of nitrogens with zero attached hydrogens (tertiary/aromatic N) is 3. The predicted octanol–water partition coefficient (Wildman–Crippen LogP) is 2.94. The minimum atomic E-state index is -0.163. The first kappa shape index (κ1) is 18.6. The van der Waals surface area contributed by atoms with E-state index in [2.05, 4.69) is 0 Å². The number of para-hydroxylation sites is 1. The Bertz CT molecular complexity index is 1330. The molecule has 4 heterocycles. The van der Waals surface area contributed by atoms with Crippen molar-refractivity contribution in [2.24, 2.45) is 7.05 Å². The number of benzene rings is 1. The van der Waals surface area contributed by atoms with Crippen LogP contribution in [-0.2, 0) is 7.05 Å². The highest BCUT2D eigenvalue weighted by atomic mass is 32.1. The van der Waals surface area contributed by atoms with Gasteiger partial charge in [0.1, 0.15) is 0 Å². The number of rotatable bonds is 2. The molecule has 1 saturated heterocycles. The van der Waals surface area contributed by atoms with Crippen LogP contribution in [0.5, 0.6) is 0 Å².